The second kappa shape index (κ2) is 6.12. The number of benzene rings is 1. The number of aryl methyl sites for hydroxylation is 3. The third-order valence-electron chi connectivity index (χ3n) is 3.80. The first-order valence-electron chi connectivity index (χ1n) is 7.36. The number of hydrogen-bond acceptors (Lipinski definition) is 7. The number of sulfonamides is 1. The third-order valence-corrected chi connectivity index (χ3v) is 6.12. The molecule has 0 bridgehead atoms. The summed E-state index contributed by atoms with van der Waals surface area (Å²) in [6.45, 7) is 3.33. The van der Waals surface area contributed by atoms with E-state index < -0.39 is 15.9 Å². The van der Waals surface area contributed by atoms with Crippen LogP contribution in [0.15, 0.2) is 32.4 Å². The second-order valence-electron chi connectivity index (χ2n) is 5.41. The van der Waals surface area contributed by atoms with Crippen molar-refractivity contribution in [3.63, 3.8) is 0 Å². The Kier molecular flexibility index (Phi) is 4.25. The molecular formula is C15H15N3O5S2. The van der Waals surface area contributed by atoms with Crippen molar-refractivity contribution < 1.29 is 17.7 Å². The van der Waals surface area contributed by atoms with Gasteiger partial charge in [-0.25, -0.2) is 13.1 Å². The zero-order valence-electron chi connectivity index (χ0n) is 13.7. The molecule has 25 heavy (non-hydrogen) atoms. The lowest BCUT2D eigenvalue weighted by atomic mass is 10.1. The van der Waals surface area contributed by atoms with E-state index in [9.17, 15) is 18.0 Å². The predicted octanol–water partition coefficient (Wildman–Crippen LogP) is 1.58. The van der Waals surface area contributed by atoms with Gasteiger partial charge in [0, 0.05) is 7.05 Å². The van der Waals surface area contributed by atoms with Crippen molar-refractivity contribution in [2.75, 3.05) is 0 Å². The maximum absolute atomic E-state index is 12.5. The van der Waals surface area contributed by atoms with Crippen LogP contribution in [0, 0.1) is 6.92 Å². The maximum atomic E-state index is 12.5. The number of fused-ring (bicyclic) bond motifs is 1. The van der Waals surface area contributed by atoms with E-state index in [1.807, 2.05) is 4.72 Å². The SMILES string of the molecule is CCc1noc(C)c1C(=O)NS(=O)(=O)c1ccc2c(c1)sc(=O)n2C. The summed E-state index contributed by atoms with van der Waals surface area (Å²) in [6.07, 6.45) is 0.435. The van der Waals surface area contributed by atoms with Crippen molar-refractivity contribution >= 4 is 37.5 Å². The number of amides is 1. The van der Waals surface area contributed by atoms with Crippen molar-refractivity contribution in [3.05, 3.63) is 44.9 Å². The molecule has 1 amide bonds. The number of aromatic nitrogens is 2. The molecule has 2 heterocycles. The molecule has 0 radical (unpaired) electrons. The highest BCUT2D eigenvalue weighted by Gasteiger charge is 2.25. The summed E-state index contributed by atoms with van der Waals surface area (Å²) in [5.74, 6) is -0.543. The van der Waals surface area contributed by atoms with Crippen LogP contribution in [-0.2, 0) is 23.5 Å². The molecule has 0 aliphatic heterocycles. The minimum atomic E-state index is -4.10. The van der Waals surface area contributed by atoms with Gasteiger partial charge in [-0.1, -0.05) is 23.4 Å². The van der Waals surface area contributed by atoms with Crippen LogP contribution in [0.2, 0.25) is 0 Å². The van der Waals surface area contributed by atoms with E-state index >= 15 is 0 Å². The number of nitrogens with zero attached hydrogens (tertiary/aromatic N) is 2. The number of carbonyl (C=O) groups excluding carboxylic acids is 1. The highest BCUT2D eigenvalue weighted by atomic mass is 32.2. The summed E-state index contributed by atoms with van der Waals surface area (Å²) in [7, 11) is -2.49. The zero-order chi connectivity index (χ0) is 18.4. The Hall–Kier alpha value is -2.46. The van der Waals surface area contributed by atoms with Crippen LogP contribution in [0.5, 0.6) is 0 Å². The second-order valence-corrected chi connectivity index (χ2v) is 8.08. The average molecular weight is 381 g/mol. The van der Waals surface area contributed by atoms with Gasteiger partial charge < -0.3 is 9.09 Å². The highest BCUT2D eigenvalue weighted by Crippen LogP contribution is 2.22. The zero-order valence-corrected chi connectivity index (χ0v) is 15.3. The quantitative estimate of drug-likeness (QED) is 0.734. The molecule has 132 valence electrons. The fourth-order valence-electron chi connectivity index (χ4n) is 2.46. The summed E-state index contributed by atoms with van der Waals surface area (Å²) < 4.78 is 34.0. The van der Waals surface area contributed by atoms with Crippen molar-refractivity contribution in [2.24, 2.45) is 7.05 Å². The van der Waals surface area contributed by atoms with Crippen molar-refractivity contribution in [1.29, 1.82) is 0 Å². The van der Waals surface area contributed by atoms with E-state index in [2.05, 4.69) is 5.16 Å². The van der Waals surface area contributed by atoms with Gasteiger partial charge in [-0.2, -0.15) is 0 Å². The van der Waals surface area contributed by atoms with Crippen molar-refractivity contribution in [1.82, 2.24) is 14.4 Å². The fraction of sp³-hybridized carbons (Fsp3) is 0.267. The van der Waals surface area contributed by atoms with E-state index in [-0.39, 0.29) is 21.1 Å². The van der Waals surface area contributed by atoms with Crippen LogP contribution >= 0.6 is 11.3 Å². The molecule has 0 unspecified atom stereocenters. The maximum Gasteiger partial charge on any atom is 0.307 e. The Labute approximate surface area is 147 Å². The van der Waals surface area contributed by atoms with Crippen LogP contribution in [0.1, 0.15) is 28.7 Å². The van der Waals surface area contributed by atoms with Crippen molar-refractivity contribution in [3.8, 4) is 0 Å². The van der Waals surface area contributed by atoms with E-state index in [1.54, 1.807) is 20.9 Å². The van der Waals surface area contributed by atoms with E-state index in [0.717, 1.165) is 11.3 Å². The first-order chi connectivity index (χ1) is 11.7. The highest BCUT2D eigenvalue weighted by molar-refractivity contribution is 7.90. The smallest absolute Gasteiger partial charge is 0.307 e. The van der Waals surface area contributed by atoms with Gasteiger partial charge in [0.05, 0.1) is 20.8 Å². The van der Waals surface area contributed by atoms with Crippen LogP contribution in [-0.4, -0.2) is 24.0 Å². The van der Waals surface area contributed by atoms with Gasteiger partial charge in [-0.15, -0.1) is 0 Å². The lowest BCUT2D eigenvalue weighted by molar-refractivity contribution is 0.0979. The Balaban J connectivity index is 1.98. The Morgan fingerprint density at radius 2 is 2.12 bits per heavy atom. The molecule has 2 aromatic heterocycles. The number of nitrogens with one attached hydrogen (secondary N) is 1. The van der Waals surface area contributed by atoms with Gasteiger partial charge >= 0.3 is 4.87 Å². The lowest BCUT2D eigenvalue weighted by Gasteiger charge is -2.07. The third kappa shape index (κ3) is 2.98. The van der Waals surface area contributed by atoms with E-state index in [0.29, 0.717) is 22.3 Å². The molecule has 0 fully saturated rings. The normalized spacial score (nSPS) is 11.8. The van der Waals surface area contributed by atoms with Gasteiger partial charge in [0.2, 0.25) is 0 Å². The first-order valence-corrected chi connectivity index (χ1v) is 9.66. The van der Waals surface area contributed by atoms with Gasteiger partial charge in [0.15, 0.2) is 0 Å². The van der Waals surface area contributed by atoms with Gasteiger partial charge in [-0.05, 0) is 31.5 Å². The number of rotatable bonds is 4. The molecule has 1 aromatic carbocycles. The van der Waals surface area contributed by atoms with Crippen LogP contribution in [0.3, 0.4) is 0 Å². The van der Waals surface area contributed by atoms with Gasteiger partial charge in [0.25, 0.3) is 15.9 Å². The molecule has 0 spiro atoms. The fourth-order valence-corrected chi connectivity index (χ4v) is 4.44. The molecule has 8 nitrogen and oxygen atoms in total. The summed E-state index contributed by atoms with van der Waals surface area (Å²) in [5, 5.41) is 3.74. The minimum Gasteiger partial charge on any atom is -0.361 e. The topological polar surface area (TPSA) is 111 Å². The van der Waals surface area contributed by atoms with Crippen LogP contribution in [0.25, 0.3) is 10.2 Å². The number of carbonyl (C=O) groups is 1. The molecular weight excluding hydrogens is 366 g/mol. The lowest BCUT2D eigenvalue weighted by Crippen LogP contribution is -2.31. The molecule has 3 rings (SSSR count). The Morgan fingerprint density at radius 3 is 2.80 bits per heavy atom. The summed E-state index contributed by atoms with van der Waals surface area (Å²) in [6, 6.07) is 4.26. The van der Waals surface area contributed by atoms with E-state index in [4.69, 9.17) is 4.52 Å². The molecule has 0 aliphatic rings. The summed E-state index contributed by atoms with van der Waals surface area (Å²) in [5.41, 5.74) is 1.14. The van der Waals surface area contributed by atoms with Gasteiger partial charge in [0.1, 0.15) is 11.3 Å². The number of thiazole rings is 1. The Bertz CT molecular complexity index is 1140. The van der Waals surface area contributed by atoms with Gasteiger partial charge in [-0.3, -0.25) is 9.59 Å². The molecule has 0 saturated heterocycles. The standard InChI is InChI=1S/C15H15N3O5S2/c1-4-10-13(8(2)23-16-10)14(19)17-25(21,22)9-5-6-11-12(7-9)24-15(20)18(11)3/h5-7H,4H2,1-3H3,(H,17,19). The average Bonchev–Trinajstić information content (AvgIpc) is 3.07. The Morgan fingerprint density at radius 1 is 1.40 bits per heavy atom. The summed E-state index contributed by atoms with van der Waals surface area (Å²) >= 11 is 0.939. The molecule has 10 heteroatoms. The van der Waals surface area contributed by atoms with Crippen molar-refractivity contribution in [2.45, 2.75) is 25.2 Å². The largest absolute Gasteiger partial charge is 0.361 e. The molecule has 3 aromatic rings. The van der Waals surface area contributed by atoms with Crippen LogP contribution < -0.4 is 9.60 Å². The van der Waals surface area contributed by atoms with Crippen LogP contribution in [0.4, 0.5) is 0 Å². The first kappa shape index (κ1) is 17.4. The van der Waals surface area contributed by atoms with E-state index in [1.165, 1.54) is 22.8 Å². The minimum absolute atomic E-state index is 0.0950. The molecule has 1 N–H and O–H groups in total. The predicted molar refractivity (Wildman–Crippen MR) is 92.3 cm³/mol. The number of hydrogen-bond donors (Lipinski definition) is 1. The molecule has 0 saturated carbocycles. The molecule has 0 atom stereocenters. The summed E-state index contributed by atoms with van der Waals surface area (Å²) in [4.78, 5) is 23.8. The monoisotopic (exact) mass is 381 g/mol. The molecule has 0 aliphatic carbocycles.